The highest BCUT2D eigenvalue weighted by molar-refractivity contribution is 6.16. The first-order valence-electron chi connectivity index (χ1n) is 6.48. The molecule has 1 aliphatic carbocycles. The van der Waals surface area contributed by atoms with E-state index in [1.807, 2.05) is 0 Å². The second-order valence-corrected chi connectivity index (χ2v) is 5.23. The molecule has 4 nitrogen and oxygen atoms in total. The Kier molecular flexibility index (Phi) is 3.34. The maximum absolute atomic E-state index is 5.91. The number of alkyl halides is 1. The Balaban J connectivity index is 1.74. The molecule has 0 radical (unpaired) electrons. The van der Waals surface area contributed by atoms with Crippen LogP contribution >= 0.6 is 11.6 Å². The molecule has 94 valence electrons. The maximum Gasteiger partial charge on any atom is 0.148 e. The molecular weight excluding hydrogens is 238 g/mol. The highest BCUT2D eigenvalue weighted by atomic mass is 35.5. The van der Waals surface area contributed by atoms with Crippen LogP contribution in [0.5, 0.6) is 0 Å². The van der Waals surface area contributed by atoms with Crippen LogP contribution in [0.15, 0.2) is 0 Å². The van der Waals surface area contributed by atoms with Crippen LogP contribution in [0.3, 0.4) is 0 Å². The molecular formula is C12H18ClN3O. The van der Waals surface area contributed by atoms with Crippen LogP contribution in [0.1, 0.15) is 49.8 Å². The van der Waals surface area contributed by atoms with Crippen molar-refractivity contribution in [2.24, 2.45) is 0 Å². The van der Waals surface area contributed by atoms with Gasteiger partial charge in [-0.05, 0) is 32.1 Å². The largest absolute Gasteiger partial charge is 0.378 e. The summed E-state index contributed by atoms with van der Waals surface area (Å²) in [5.41, 5.74) is 0. The van der Waals surface area contributed by atoms with Gasteiger partial charge in [0.25, 0.3) is 0 Å². The molecule has 1 aliphatic heterocycles. The number of nitrogens with zero attached hydrogens (tertiary/aromatic N) is 3. The molecule has 1 unspecified atom stereocenters. The van der Waals surface area contributed by atoms with E-state index in [0.29, 0.717) is 18.0 Å². The lowest BCUT2D eigenvalue weighted by molar-refractivity contribution is 0.0151. The van der Waals surface area contributed by atoms with Crippen LogP contribution in [0, 0.1) is 0 Å². The number of hydrogen-bond acceptors (Lipinski definition) is 3. The first kappa shape index (κ1) is 11.5. The average molecular weight is 256 g/mol. The lowest BCUT2D eigenvalue weighted by Gasteiger charge is -2.22. The zero-order valence-electron chi connectivity index (χ0n) is 9.94. The Morgan fingerprint density at radius 1 is 1.18 bits per heavy atom. The standard InChI is InChI=1S/C12H18ClN3O/c13-8-12-15-14-11(16(12)9-4-5-9)7-10-3-1-2-6-17-10/h9-10H,1-8H2. The first-order valence-corrected chi connectivity index (χ1v) is 7.02. The topological polar surface area (TPSA) is 39.9 Å². The fraction of sp³-hybridized carbons (Fsp3) is 0.833. The highest BCUT2D eigenvalue weighted by Gasteiger charge is 2.30. The lowest BCUT2D eigenvalue weighted by Crippen LogP contribution is -2.23. The smallest absolute Gasteiger partial charge is 0.148 e. The van der Waals surface area contributed by atoms with Crippen LogP contribution in [0.25, 0.3) is 0 Å². The van der Waals surface area contributed by atoms with Gasteiger partial charge in [0, 0.05) is 19.1 Å². The predicted molar refractivity (Wildman–Crippen MR) is 65.1 cm³/mol. The molecule has 2 fully saturated rings. The van der Waals surface area contributed by atoms with Crippen LogP contribution < -0.4 is 0 Å². The molecule has 5 heteroatoms. The van der Waals surface area contributed by atoms with Crippen molar-refractivity contribution in [3.8, 4) is 0 Å². The normalized spacial score (nSPS) is 25.1. The number of rotatable bonds is 4. The molecule has 17 heavy (non-hydrogen) atoms. The van der Waals surface area contributed by atoms with E-state index < -0.39 is 0 Å². The fourth-order valence-electron chi connectivity index (χ4n) is 2.52. The minimum atomic E-state index is 0.327. The summed E-state index contributed by atoms with van der Waals surface area (Å²) in [7, 11) is 0. The summed E-state index contributed by atoms with van der Waals surface area (Å²) in [5.74, 6) is 2.43. The summed E-state index contributed by atoms with van der Waals surface area (Å²) in [6.07, 6.45) is 7.30. The van der Waals surface area contributed by atoms with Gasteiger partial charge >= 0.3 is 0 Å². The van der Waals surface area contributed by atoms with E-state index in [0.717, 1.165) is 31.1 Å². The van der Waals surface area contributed by atoms with Gasteiger partial charge in [0.05, 0.1) is 12.0 Å². The number of hydrogen-bond donors (Lipinski definition) is 0. The van der Waals surface area contributed by atoms with Crippen LogP contribution in [-0.2, 0) is 17.0 Å². The summed E-state index contributed by atoms with van der Waals surface area (Å²) in [6, 6.07) is 0.595. The first-order chi connectivity index (χ1) is 8.38. The maximum atomic E-state index is 5.91. The van der Waals surface area contributed by atoms with Gasteiger partial charge in [0.15, 0.2) is 0 Å². The third-order valence-corrected chi connectivity index (χ3v) is 3.79. The van der Waals surface area contributed by atoms with Gasteiger partial charge < -0.3 is 9.30 Å². The van der Waals surface area contributed by atoms with E-state index in [4.69, 9.17) is 16.3 Å². The third-order valence-electron chi connectivity index (χ3n) is 3.55. The van der Waals surface area contributed by atoms with Gasteiger partial charge in [-0.25, -0.2) is 0 Å². The molecule has 0 aromatic carbocycles. The predicted octanol–water partition coefficient (Wildman–Crippen LogP) is 2.46. The van der Waals surface area contributed by atoms with Crippen molar-refractivity contribution in [1.29, 1.82) is 0 Å². The number of halogens is 1. The molecule has 2 aliphatic rings. The number of ether oxygens (including phenoxy) is 1. The Labute approximate surface area is 106 Å². The molecule has 0 spiro atoms. The molecule has 3 rings (SSSR count). The minimum absolute atomic E-state index is 0.327. The van der Waals surface area contributed by atoms with Gasteiger partial charge in [0.1, 0.15) is 11.6 Å². The van der Waals surface area contributed by atoms with Gasteiger partial charge in [0.2, 0.25) is 0 Å². The molecule has 1 aromatic rings. The van der Waals surface area contributed by atoms with Gasteiger partial charge in [-0.15, -0.1) is 21.8 Å². The SMILES string of the molecule is ClCc1nnc(CC2CCCCO2)n1C1CC1. The van der Waals surface area contributed by atoms with E-state index >= 15 is 0 Å². The average Bonchev–Trinajstić information content (AvgIpc) is 3.13. The summed E-state index contributed by atoms with van der Waals surface area (Å²) in [4.78, 5) is 0. The summed E-state index contributed by atoms with van der Waals surface area (Å²) >= 11 is 5.91. The zero-order chi connectivity index (χ0) is 11.7. The van der Waals surface area contributed by atoms with Crippen molar-refractivity contribution in [1.82, 2.24) is 14.8 Å². The summed E-state index contributed by atoms with van der Waals surface area (Å²) < 4.78 is 8.01. The van der Waals surface area contributed by atoms with Crippen molar-refractivity contribution < 1.29 is 4.74 Å². The van der Waals surface area contributed by atoms with E-state index in [9.17, 15) is 0 Å². The van der Waals surface area contributed by atoms with Gasteiger partial charge in [-0.3, -0.25) is 0 Å². The quantitative estimate of drug-likeness (QED) is 0.776. The Morgan fingerprint density at radius 3 is 2.65 bits per heavy atom. The minimum Gasteiger partial charge on any atom is -0.378 e. The summed E-state index contributed by atoms with van der Waals surface area (Å²) in [6.45, 7) is 0.893. The third kappa shape index (κ3) is 2.47. The van der Waals surface area contributed by atoms with Crippen LogP contribution in [0.2, 0.25) is 0 Å². The number of aromatic nitrogens is 3. The van der Waals surface area contributed by atoms with Crippen molar-refractivity contribution in [2.75, 3.05) is 6.61 Å². The molecule has 1 aromatic heterocycles. The van der Waals surface area contributed by atoms with Crippen molar-refractivity contribution in [3.05, 3.63) is 11.6 Å². The van der Waals surface area contributed by atoms with E-state index in [1.165, 1.54) is 25.7 Å². The molecule has 1 saturated carbocycles. The fourth-order valence-corrected chi connectivity index (χ4v) is 2.70. The van der Waals surface area contributed by atoms with E-state index in [1.54, 1.807) is 0 Å². The van der Waals surface area contributed by atoms with Gasteiger partial charge in [-0.2, -0.15) is 0 Å². The molecule has 0 amide bonds. The zero-order valence-corrected chi connectivity index (χ0v) is 10.7. The van der Waals surface area contributed by atoms with Crippen molar-refractivity contribution in [3.63, 3.8) is 0 Å². The summed E-state index contributed by atoms with van der Waals surface area (Å²) in [5, 5.41) is 8.48. The molecule has 1 saturated heterocycles. The Bertz CT molecular complexity index is 383. The van der Waals surface area contributed by atoms with E-state index in [2.05, 4.69) is 14.8 Å². The van der Waals surface area contributed by atoms with E-state index in [-0.39, 0.29) is 0 Å². The molecule has 0 N–H and O–H groups in total. The second kappa shape index (κ2) is 4.94. The van der Waals surface area contributed by atoms with Crippen LogP contribution in [-0.4, -0.2) is 27.5 Å². The molecule has 1 atom stereocenters. The van der Waals surface area contributed by atoms with Crippen molar-refractivity contribution in [2.45, 2.75) is 56.6 Å². The van der Waals surface area contributed by atoms with Gasteiger partial charge in [-0.1, -0.05) is 0 Å². The highest BCUT2D eigenvalue weighted by Crippen LogP contribution is 2.37. The second-order valence-electron chi connectivity index (χ2n) is 4.96. The molecule has 2 heterocycles. The molecule has 0 bridgehead atoms. The Morgan fingerprint density at radius 2 is 2.00 bits per heavy atom. The van der Waals surface area contributed by atoms with Crippen molar-refractivity contribution >= 4 is 11.6 Å². The van der Waals surface area contributed by atoms with Crippen LogP contribution in [0.4, 0.5) is 0 Å². The Hall–Kier alpha value is -0.610. The lowest BCUT2D eigenvalue weighted by atomic mass is 10.1. The monoisotopic (exact) mass is 255 g/mol.